The van der Waals surface area contributed by atoms with E-state index in [9.17, 15) is 20.0 Å². The standard InChI is InChI=1S/C25H27Cl2N5O4S/c1-15(2)32(24(35)17(8-11-33)16-4-5-20(36-3)18(26)12-16)14-23(34)30-25-29-19(13-31(25)10-9-28)21-6-7-22(27)37-21/h4-7,12-13,15,17,33H,8,10-11,14H2,1-3H3,(H,29,30,34). The molecule has 3 aromatic rings. The van der Waals surface area contributed by atoms with Gasteiger partial charge in [0.1, 0.15) is 24.5 Å². The van der Waals surface area contributed by atoms with E-state index in [0.717, 1.165) is 4.88 Å². The zero-order valence-corrected chi connectivity index (χ0v) is 22.9. The Morgan fingerprint density at radius 1 is 1.30 bits per heavy atom. The van der Waals surface area contributed by atoms with Crippen molar-refractivity contribution in [2.24, 2.45) is 0 Å². The van der Waals surface area contributed by atoms with Crippen molar-refractivity contribution < 1.29 is 19.4 Å². The predicted octanol–water partition coefficient (Wildman–Crippen LogP) is 4.79. The number of nitrogens with one attached hydrogen (secondary N) is 1. The molecule has 2 N–H and O–H groups in total. The maximum absolute atomic E-state index is 13.6. The molecule has 0 saturated carbocycles. The Kier molecular flexibility index (Phi) is 9.94. The van der Waals surface area contributed by atoms with Gasteiger partial charge in [-0.25, -0.2) is 4.98 Å². The average Bonchev–Trinajstić information content (AvgIpc) is 3.46. The fraction of sp³-hybridized carbons (Fsp3) is 0.360. The van der Waals surface area contributed by atoms with Gasteiger partial charge in [0.25, 0.3) is 0 Å². The number of hydrogen-bond donors (Lipinski definition) is 2. The van der Waals surface area contributed by atoms with Crippen LogP contribution in [0.2, 0.25) is 9.36 Å². The van der Waals surface area contributed by atoms with Crippen LogP contribution in [0.5, 0.6) is 5.75 Å². The lowest BCUT2D eigenvalue weighted by Crippen LogP contribution is -2.45. The van der Waals surface area contributed by atoms with E-state index in [2.05, 4.69) is 10.3 Å². The molecule has 2 amide bonds. The molecule has 0 aliphatic heterocycles. The summed E-state index contributed by atoms with van der Waals surface area (Å²) in [6, 6.07) is 10.3. The minimum absolute atomic E-state index is 0.0225. The topological polar surface area (TPSA) is 120 Å². The van der Waals surface area contributed by atoms with Gasteiger partial charge in [-0.1, -0.05) is 29.3 Å². The van der Waals surface area contributed by atoms with E-state index in [0.29, 0.717) is 26.4 Å². The molecule has 0 spiro atoms. The van der Waals surface area contributed by atoms with Gasteiger partial charge in [-0.05, 0) is 50.1 Å². The van der Waals surface area contributed by atoms with Gasteiger partial charge in [-0.2, -0.15) is 5.26 Å². The number of benzene rings is 1. The molecule has 0 radical (unpaired) electrons. The maximum Gasteiger partial charge on any atom is 0.246 e. The van der Waals surface area contributed by atoms with Gasteiger partial charge in [0, 0.05) is 18.8 Å². The number of carbonyl (C=O) groups is 2. The first-order valence-corrected chi connectivity index (χ1v) is 13.0. The quantitative estimate of drug-likeness (QED) is 0.346. The van der Waals surface area contributed by atoms with Gasteiger partial charge in [0.05, 0.1) is 33.3 Å². The van der Waals surface area contributed by atoms with E-state index < -0.39 is 11.8 Å². The van der Waals surface area contributed by atoms with Crippen molar-refractivity contribution in [2.45, 2.75) is 38.8 Å². The molecule has 1 aromatic carbocycles. The van der Waals surface area contributed by atoms with Crippen molar-refractivity contribution in [2.75, 3.05) is 25.6 Å². The summed E-state index contributed by atoms with van der Waals surface area (Å²) in [5, 5.41) is 21.9. The molecule has 9 nitrogen and oxygen atoms in total. The maximum atomic E-state index is 13.6. The van der Waals surface area contributed by atoms with Crippen LogP contribution in [0.4, 0.5) is 5.95 Å². The molecular weight excluding hydrogens is 537 g/mol. The zero-order chi connectivity index (χ0) is 27.1. The molecule has 2 aromatic heterocycles. The number of ether oxygens (including phenoxy) is 1. The first kappa shape index (κ1) is 28.5. The molecule has 0 fully saturated rings. The van der Waals surface area contributed by atoms with Crippen LogP contribution in [0, 0.1) is 11.3 Å². The number of methoxy groups -OCH3 is 1. The molecule has 1 atom stereocenters. The average molecular weight is 564 g/mol. The lowest BCUT2D eigenvalue weighted by Gasteiger charge is -2.30. The Morgan fingerprint density at radius 2 is 2.05 bits per heavy atom. The molecular formula is C25H27Cl2N5O4S. The molecule has 196 valence electrons. The molecule has 0 bridgehead atoms. The highest BCUT2D eigenvalue weighted by Crippen LogP contribution is 2.32. The number of aromatic nitrogens is 2. The number of hydrogen-bond acceptors (Lipinski definition) is 7. The van der Waals surface area contributed by atoms with Crippen molar-refractivity contribution in [3.8, 4) is 22.4 Å². The molecule has 0 aliphatic carbocycles. The van der Waals surface area contributed by atoms with Crippen LogP contribution in [0.25, 0.3) is 10.6 Å². The monoisotopic (exact) mass is 563 g/mol. The predicted molar refractivity (Wildman–Crippen MR) is 144 cm³/mol. The molecule has 2 heterocycles. The number of anilines is 1. The highest BCUT2D eigenvalue weighted by molar-refractivity contribution is 7.19. The highest BCUT2D eigenvalue weighted by atomic mass is 35.5. The van der Waals surface area contributed by atoms with Gasteiger partial charge in [-0.3, -0.25) is 14.9 Å². The van der Waals surface area contributed by atoms with Crippen molar-refractivity contribution in [3.05, 3.63) is 51.5 Å². The van der Waals surface area contributed by atoms with Crippen molar-refractivity contribution >= 4 is 52.3 Å². The Balaban J connectivity index is 1.81. The second kappa shape index (κ2) is 12.9. The third-order valence-corrected chi connectivity index (χ3v) is 7.16. The van der Waals surface area contributed by atoms with Crippen molar-refractivity contribution in [1.29, 1.82) is 5.26 Å². The number of carbonyl (C=O) groups excluding carboxylic acids is 2. The first-order valence-electron chi connectivity index (χ1n) is 11.4. The SMILES string of the molecule is COc1ccc(C(CCO)C(=O)N(CC(=O)Nc2nc(-c3ccc(Cl)s3)cn2CC#N)C(C)C)cc1Cl. The van der Waals surface area contributed by atoms with Crippen molar-refractivity contribution in [3.63, 3.8) is 0 Å². The summed E-state index contributed by atoms with van der Waals surface area (Å²) in [5.41, 5.74) is 1.18. The lowest BCUT2D eigenvalue weighted by molar-refractivity contribution is -0.138. The Hall–Kier alpha value is -3.10. The number of aliphatic hydroxyl groups excluding tert-OH is 1. The number of imidazole rings is 1. The van der Waals surface area contributed by atoms with Crippen LogP contribution in [0.3, 0.4) is 0 Å². The lowest BCUT2D eigenvalue weighted by atomic mass is 9.93. The molecule has 1 unspecified atom stereocenters. The van der Waals surface area contributed by atoms with E-state index >= 15 is 0 Å². The van der Waals surface area contributed by atoms with Crippen LogP contribution >= 0.6 is 34.5 Å². The molecule has 3 rings (SSSR count). The van der Waals surface area contributed by atoms with Crippen LogP contribution < -0.4 is 10.1 Å². The number of nitrogens with zero attached hydrogens (tertiary/aromatic N) is 4. The normalized spacial score (nSPS) is 11.7. The summed E-state index contributed by atoms with van der Waals surface area (Å²) >= 11 is 13.6. The Morgan fingerprint density at radius 3 is 2.62 bits per heavy atom. The van der Waals surface area contributed by atoms with E-state index in [-0.39, 0.29) is 44.0 Å². The first-order chi connectivity index (χ1) is 17.7. The third kappa shape index (κ3) is 7.02. The summed E-state index contributed by atoms with van der Waals surface area (Å²) in [5.74, 6) is -0.846. The Labute approximate surface area is 229 Å². The number of rotatable bonds is 11. The largest absolute Gasteiger partial charge is 0.495 e. The van der Waals surface area contributed by atoms with Crippen LogP contribution in [0.15, 0.2) is 36.5 Å². The van der Waals surface area contributed by atoms with E-state index in [1.807, 2.05) is 12.1 Å². The van der Waals surface area contributed by atoms with E-state index in [4.69, 9.17) is 27.9 Å². The fourth-order valence-corrected chi connectivity index (χ4v) is 5.04. The number of nitriles is 1. The van der Waals surface area contributed by atoms with E-state index in [1.54, 1.807) is 44.3 Å². The highest BCUT2D eigenvalue weighted by Gasteiger charge is 2.29. The third-order valence-electron chi connectivity index (χ3n) is 5.61. The number of thiophene rings is 1. The van der Waals surface area contributed by atoms with Crippen LogP contribution in [-0.2, 0) is 16.1 Å². The second-order valence-electron chi connectivity index (χ2n) is 8.41. The minimum Gasteiger partial charge on any atom is -0.495 e. The van der Waals surface area contributed by atoms with Gasteiger partial charge in [-0.15, -0.1) is 11.3 Å². The number of amides is 2. The molecule has 12 heteroatoms. The summed E-state index contributed by atoms with van der Waals surface area (Å²) in [7, 11) is 1.50. The van der Waals surface area contributed by atoms with Gasteiger partial charge in [0.2, 0.25) is 17.8 Å². The fourth-order valence-electron chi connectivity index (χ4n) is 3.78. The summed E-state index contributed by atoms with van der Waals surface area (Å²) in [6.07, 6.45) is 1.82. The molecule has 0 saturated heterocycles. The summed E-state index contributed by atoms with van der Waals surface area (Å²) in [4.78, 5) is 33.3. The summed E-state index contributed by atoms with van der Waals surface area (Å²) in [6.45, 7) is 3.11. The van der Waals surface area contributed by atoms with Crippen LogP contribution in [-0.4, -0.2) is 57.7 Å². The number of aliphatic hydroxyl groups is 1. The smallest absolute Gasteiger partial charge is 0.246 e. The second-order valence-corrected chi connectivity index (χ2v) is 10.5. The minimum atomic E-state index is -0.709. The molecule has 37 heavy (non-hydrogen) atoms. The van der Waals surface area contributed by atoms with Gasteiger partial charge < -0.3 is 19.3 Å². The van der Waals surface area contributed by atoms with E-state index in [1.165, 1.54) is 27.9 Å². The number of halogens is 2. The Bertz CT molecular complexity index is 1300. The zero-order valence-electron chi connectivity index (χ0n) is 20.6. The van der Waals surface area contributed by atoms with Crippen molar-refractivity contribution in [1.82, 2.24) is 14.5 Å². The van der Waals surface area contributed by atoms with Crippen LogP contribution in [0.1, 0.15) is 31.7 Å². The van der Waals surface area contributed by atoms with Gasteiger partial charge >= 0.3 is 0 Å². The summed E-state index contributed by atoms with van der Waals surface area (Å²) < 4.78 is 7.31. The van der Waals surface area contributed by atoms with Gasteiger partial charge in [0.15, 0.2) is 0 Å². The molecule has 0 aliphatic rings.